The van der Waals surface area contributed by atoms with Gasteiger partial charge in [0.15, 0.2) is 11.6 Å². The van der Waals surface area contributed by atoms with E-state index in [1.807, 2.05) is 18.2 Å². The van der Waals surface area contributed by atoms with Crippen molar-refractivity contribution < 1.29 is 23.0 Å². The smallest absolute Gasteiger partial charge is 0.272 e. The number of hydrogen-bond acceptors (Lipinski definition) is 8. The van der Waals surface area contributed by atoms with Gasteiger partial charge in [0.05, 0.1) is 24.9 Å². The van der Waals surface area contributed by atoms with E-state index in [0.717, 1.165) is 42.7 Å². The standard InChI is InChI=1S/C25H30F2N6O3/c1-12-28-10-20(36-11-21(26)27)23(29-12)31-22-15-5-3-13(7-19(15)32-33-22)17-9-25(17)16-8-14(35-2)4-6-18(16)30-24(25)34/h4,6,8,10,13,15,17,19,21-22,32-33H,3,5,7,9,11H2,1-2H3,(H,30,34)(H,28,29,31)/t13?,15?,17-,19?,22?,25-/m0/s1. The first-order valence-electron chi connectivity index (χ1n) is 12.4. The maximum Gasteiger partial charge on any atom is 0.272 e. The Morgan fingerprint density at radius 3 is 2.94 bits per heavy atom. The van der Waals surface area contributed by atoms with E-state index in [0.29, 0.717) is 23.5 Å². The third-order valence-corrected chi connectivity index (χ3v) is 8.27. The van der Waals surface area contributed by atoms with Gasteiger partial charge in [0.2, 0.25) is 5.91 Å². The van der Waals surface area contributed by atoms with Crippen LogP contribution in [0.1, 0.15) is 37.1 Å². The molecule has 2 saturated carbocycles. The van der Waals surface area contributed by atoms with E-state index in [4.69, 9.17) is 9.47 Å². The molecule has 36 heavy (non-hydrogen) atoms. The molecular formula is C25H30F2N6O3. The molecule has 1 aromatic carbocycles. The van der Waals surface area contributed by atoms with Crippen molar-refractivity contribution in [3.8, 4) is 11.5 Å². The zero-order chi connectivity index (χ0) is 25.0. The van der Waals surface area contributed by atoms with Crippen LogP contribution in [0.4, 0.5) is 20.3 Å². The molecule has 4 unspecified atom stereocenters. The van der Waals surface area contributed by atoms with Crippen molar-refractivity contribution in [2.24, 2.45) is 17.8 Å². The largest absolute Gasteiger partial charge is 0.497 e. The van der Waals surface area contributed by atoms with Gasteiger partial charge in [-0.2, -0.15) is 0 Å². The fraction of sp³-hybridized carbons (Fsp3) is 0.560. The van der Waals surface area contributed by atoms with Gasteiger partial charge in [-0.1, -0.05) is 0 Å². The Hall–Kier alpha value is -3.05. The first kappa shape index (κ1) is 23.4. The monoisotopic (exact) mass is 500 g/mol. The number of carbonyl (C=O) groups is 1. The third-order valence-electron chi connectivity index (χ3n) is 8.27. The lowest BCUT2D eigenvalue weighted by Gasteiger charge is -2.34. The van der Waals surface area contributed by atoms with Gasteiger partial charge in [-0.25, -0.2) is 24.2 Å². The number of benzene rings is 1. The molecule has 1 aromatic heterocycles. The van der Waals surface area contributed by atoms with Crippen LogP contribution in [0.15, 0.2) is 24.4 Å². The van der Waals surface area contributed by atoms with Gasteiger partial charge in [0, 0.05) is 17.6 Å². The summed E-state index contributed by atoms with van der Waals surface area (Å²) in [5, 5.41) is 6.42. The van der Waals surface area contributed by atoms with Crippen molar-refractivity contribution in [3.05, 3.63) is 35.8 Å². The molecule has 0 radical (unpaired) electrons. The molecule has 2 aliphatic carbocycles. The van der Waals surface area contributed by atoms with Crippen LogP contribution in [0.5, 0.6) is 11.5 Å². The zero-order valence-electron chi connectivity index (χ0n) is 20.2. The molecule has 1 saturated heterocycles. The van der Waals surface area contributed by atoms with Gasteiger partial charge in [0.1, 0.15) is 18.2 Å². The van der Waals surface area contributed by atoms with Crippen molar-refractivity contribution in [2.45, 2.75) is 56.7 Å². The molecule has 4 aliphatic rings. The summed E-state index contributed by atoms with van der Waals surface area (Å²) in [5.74, 6) is 3.02. The number of nitrogens with zero attached hydrogens (tertiary/aromatic N) is 2. The molecule has 2 aliphatic heterocycles. The highest BCUT2D eigenvalue weighted by molar-refractivity contribution is 6.09. The highest BCUT2D eigenvalue weighted by atomic mass is 19.3. The van der Waals surface area contributed by atoms with E-state index >= 15 is 0 Å². The molecule has 6 atom stereocenters. The van der Waals surface area contributed by atoms with Crippen LogP contribution < -0.4 is 31.0 Å². The molecule has 1 amide bonds. The average Bonchev–Trinajstić information content (AvgIpc) is 3.42. The fourth-order valence-electron chi connectivity index (χ4n) is 6.48. The minimum atomic E-state index is -2.58. The van der Waals surface area contributed by atoms with Crippen LogP contribution in [0, 0.1) is 24.7 Å². The highest BCUT2D eigenvalue weighted by Gasteiger charge is 2.67. The van der Waals surface area contributed by atoms with Crippen molar-refractivity contribution in [1.29, 1.82) is 0 Å². The molecule has 9 nitrogen and oxygen atoms in total. The minimum Gasteiger partial charge on any atom is -0.497 e. The summed E-state index contributed by atoms with van der Waals surface area (Å²) in [6, 6.07) is 6.04. The lowest BCUT2D eigenvalue weighted by molar-refractivity contribution is -0.118. The van der Waals surface area contributed by atoms with Gasteiger partial charge in [-0.15, -0.1) is 0 Å². The number of aryl methyl sites for hydroxylation is 1. The first-order valence-corrected chi connectivity index (χ1v) is 12.4. The van der Waals surface area contributed by atoms with Gasteiger partial charge in [-0.05, 0) is 68.2 Å². The number of aromatic nitrogens is 2. The van der Waals surface area contributed by atoms with Gasteiger partial charge < -0.3 is 20.1 Å². The summed E-state index contributed by atoms with van der Waals surface area (Å²) in [6.45, 7) is 1.03. The topological polar surface area (TPSA) is 109 Å². The van der Waals surface area contributed by atoms with Crippen LogP contribution in [-0.2, 0) is 10.2 Å². The van der Waals surface area contributed by atoms with Crippen molar-refractivity contribution >= 4 is 17.4 Å². The number of rotatable bonds is 7. The minimum absolute atomic E-state index is 0.102. The van der Waals surface area contributed by atoms with Crippen LogP contribution in [-0.4, -0.2) is 48.2 Å². The molecular weight excluding hydrogens is 470 g/mol. The van der Waals surface area contributed by atoms with Crippen LogP contribution in [0.25, 0.3) is 0 Å². The van der Waals surface area contributed by atoms with E-state index in [1.54, 1.807) is 14.0 Å². The number of carbonyl (C=O) groups excluding carboxylic acids is 1. The number of methoxy groups -OCH3 is 1. The fourth-order valence-corrected chi connectivity index (χ4v) is 6.48. The summed E-state index contributed by atoms with van der Waals surface area (Å²) in [4.78, 5) is 21.5. The highest BCUT2D eigenvalue weighted by Crippen LogP contribution is 2.65. The van der Waals surface area contributed by atoms with E-state index in [-0.39, 0.29) is 29.8 Å². The predicted octanol–water partition coefficient (Wildman–Crippen LogP) is 2.98. The van der Waals surface area contributed by atoms with Gasteiger partial charge in [-0.3, -0.25) is 10.2 Å². The molecule has 6 rings (SSSR count). The van der Waals surface area contributed by atoms with Gasteiger partial charge >= 0.3 is 0 Å². The Balaban J connectivity index is 1.13. The SMILES string of the molecule is COc1ccc2c(c1)[C@]1(C[C@H]1C1CCC3C(C1)NNC3Nc1nc(C)ncc1OCC(F)F)C(=O)N2. The lowest BCUT2D eigenvalue weighted by Crippen LogP contribution is -2.39. The number of amides is 1. The average molecular weight is 501 g/mol. The Morgan fingerprint density at radius 1 is 1.28 bits per heavy atom. The number of anilines is 2. The summed E-state index contributed by atoms with van der Waals surface area (Å²) in [5.41, 5.74) is 8.25. The molecule has 11 heteroatoms. The molecule has 1 spiro atoms. The number of hydrogen-bond donors (Lipinski definition) is 4. The molecule has 3 heterocycles. The molecule has 4 N–H and O–H groups in total. The summed E-state index contributed by atoms with van der Waals surface area (Å²) >= 11 is 0. The number of nitrogens with one attached hydrogen (secondary N) is 4. The number of alkyl halides is 2. The van der Waals surface area contributed by atoms with Crippen molar-refractivity contribution in [3.63, 3.8) is 0 Å². The summed E-state index contributed by atoms with van der Waals surface area (Å²) < 4.78 is 36.0. The second-order valence-electron chi connectivity index (χ2n) is 10.2. The van der Waals surface area contributed by atoms with Crippen molar-refractivity contribution in [1.82, 2.24) is 20.8 Å². The number of halogens is 2. The first-order chi connectivity index (χ1) is 17.4. The Morgan fingerprint density at radius 2 is 2.14 bits per heavy atom. The zero-order valence-corrected chi connectivity index (χ0v) is 20.2. The Labute approximate surface area is 207 Å². The van der Waals surface area contributed by atoms with Crippen molar-refractivity contribution in [2.75, 3.05) is 24.4 Å². The molecule has 192 valence electrons. The third kappa shape index (κ3) is 3.85. The number of fused-ring (bicyclic) bond motifs is 3. The van der Waals surface area contributed by atoms with E-state index in [1.165, 1.54) is 6.20 Å². The normalized spacial score (nSPS) is 32.2. The van der Waals surface area contributed by atoms with E-state index < -0.39 is 18.4 Å². The second kappa shape index (κ2) is 8.81. The lowest BCUT2D eigenvalue weighted by atomic mass is 9.74. The van der Waals surface area contributed by atoms with Crippen LogP contribution in [0.3, 0.4) is 0 Å². The van der Waals surface area contributed by atoms with Gasteiger partial charge in [0.25, 0.3) is 6.43 Å². The quantitative estimate of drug-likeness (QED) is 0.460. The Kier molecular flexibility index (Phi) is 5.71. The predicted molar refractivity (Wildman–Crippen MR) is 128 cm³/mol. The maximum absolute atomic E-state index is 13.0. The van der Waals surface area contributed by atoms with E-state index in [9.17, 15) is 13.6 Å². The second-order valence-corrected chi connectivity index (χ2v) is 10.2. The van der Waals surface area contributed by atoms with Crippen LogP contribution in [0.2, 0.25) is 0 Å². The maximum atomic E-state index is 13.0. The number of ether oxygens (including phenoxy) is 2. The number of hydrazine groups is 1. The molecule has 3 fully saturated rings. The summed E-state index contributed by atoms with van der Waals surface area (Å²) in [7, 11) is 1.64. The molecule has 0 bridgehead atoms. The van der Waals surface area contributed by atoms with Crippen LogP contribution >= 0.6 is 0 Å². The van der Waals surface area contributed by atoms with E-state index in [2.05, 4.69) is 31.5 Å². The Bertz CT molecular complexity index is 1180. The molecule has 2 aromatic rings. The summed E-state index contributed by atoms with van der Waals surface area (Å²) in [6.07, 6.45) is 2.50.